The Morgan fingerprint density at radius 1 is 1.29 bits per heavy atom. The summed E-state index contributed by atoms with van der Waals surface area (Å²) in [7, 11) is 0. The number of carbonyl (C=O) groups excluding carboxylic acids is 1. The van der Waals surface area contributed by atoms with Gasteiger partial charge in [0, 0.05) is 6.04 Å². The van der Waals surface area contributed by atoms with Crippen LogP contribution in [0.4, 0.5) is 18.9 Å². The zero-order valence-electron chi connectivity index (χ0n) is 13.0. The summed E-state index contributed by atoms with van der Waals surface area (Å²) >= 11 is 1.19. The first-order valence-electron chi connectivity index (χ1n) is 7.41. The molecule has 1 atom stereocenters. The van der Waals surface area contributed by atoms with Gasteiger partial charge in [-0.15, -0.1) is 10.2 Å². The number of benzene rings is 1. The maximum absolute atomic E-state index is 13.6. The molecule has 1 aliphatic rings. The Bertz CT molecular complexity index is 791. The largest absolute Gasteiger partial charge is 0.323 e. The molecule has 0 bridgehead atoms. The molecule has 0 saturated heterocycles. The maximum atomic E-state index is 13.6. The van der Waals surface area contributed by atoms with E-state index >= 15 is 0 Å². The number of rotatable bonds is 5. The van der Waals surface area contributed by atoms with E-state index < -0.39 is 34.3 Å². The summed E-state index contributed by atoms with van der Waals surface area (Å²) in [5.74, 6) is -4.09. The lowest BCUT2D eigenvalue weighted by atomic mass is 10.2. The van der Waals surface area contributed by atoms with Crippen LogP contribution < -0.4 is 5.32 Å². The summed E-state index contributed by atoms with van der Waals surface area (Å²) in [5.41, 5.74) is -0.397. The van der Waals surface area contributed by atoms with Crippen LogP contribution in [0.1, 0.15) is 31.6 Å². The third kappa shape index (κ3) is 3.26. The molecular formula is C15H15F3N4OS. The van der Waals surface area contributed by atoms with Crippen LogP contribution in [0.15, 0.2) is 17.3 Å². The first-order valence-corrected chi connectivity index (χ1v) is 8.29. The van der Waals surface area contributed by atoms with E-state index in [2.05, 4.69) is 15.5 Å². The third-order valence-electron chi connectivity index (χ3n) is 3.69. The molecule has 128 valence electrons. The number of anilines is 1. The molecule has 1 amide bonds. The van der Waals surface area contributed by atoms with Crippen LogP contribution in [0.5, 0.6) is 0 Å². The van der Waals surface area contributed by atoms with Crippen molar-refractivity contribution < 1.29 is 18.0 Å². The topological polar surface area (TPSA) is 59.8 Å². The van der Waals surface area contributed by atoms with Crippen molar-refractivity contribution >= 4 is 23.4 Å². The second-order valence-electron chi connectivity index (χ2n) is 5.60. The molecule has 1 N–H and O–H groups in total. The Kier molecular flexibility index (Phi) is 4.53. The SMILES string of the molecule is Cc1nnc(S[C@@H](C)C(=O)Nc2ccc(F)c(F)c2F)n1C1CC1. The smallest absolute Gasteiger partial charge is 0.237 e. The third-order valence-corrected chi connectivity index (χ3v) is 4.75. The van der Waals surface area contributed by atoms with Gasteiger partial charge in [-0.2, -0.15) is 0 Å². The first kappa shape index (κ1) is 16.8. The highest BCUT2D eigenvalue weighted by molar-refractivity contribution is 8.00. The van der Waals surface area contributed by atoms with E-state index in [1.54, 1.807) is 6.92 Å². The van der Waals surface area contributed by atoms with Crippen LogP contribution in [0.2, 0.25) is 0 Å². The second kappa shape index (κ2) is 6.46. The Hall–Kier alpha value is -2.03. The van der Waals surface area contributed by atoms with Crippen molar-refractivity contribution in [1.29, 1.82) is 0 Å². The average molecular weight is 356 g/mol. The molecule has 5 nitrogen and oxygen atoms in total. The second-order valence-corrected chi connectivity index (χ2v) is 6.91. The number of aromatic nitrogens is 3. The van der Waals surface area contributed by atoms with E-state index in [1.807, 2.05) is 11.5 Å². The van der Waals surface area contributed by atoms with Crippen LogP contribution in [0, 0.1) is 24.4 Å². The van der Waals surface area contributed by atoms with Crippen molar-refractivity contribution in [1.82, 2.24) is 14.8 Å². The fraction of sp³-hybridized carbons (Fsp3) is 0.400. The van der Waals surface area contributed by atoms with Gasteiger partial charge in [0.25, 0.3) is 0 Å². The Morgan fingerprint density at radius 2 is 2.00 bits per heavy atom. The van der Waals surface area contributed by atoms with E-state index in [0.29, 0.717) is 11.2 Å². The van der Waals surface area contributed by atoms with Gasteiger partial charge in [0.2, 0.25) is 5.91 Å². The summed E-state index contributed by atoms with van der Waals surface area (Å²) in [6.45, 7) is 3.47. The zero-order chi connectivity index (χ0) is 17.4. The van der Waals surface area contributed by atoms with Gasteiger partial charge >= 0.3 is 0 Å². The summed E-state index contributed by atoms with van der Waals surface area (Å²) in [5, 5.41) is 10.4. The molecule has 1 aromatic heterocycles. The van der Waals surface area contributed by atoms with Gasteiger partial charge in [-0.05, 0) is 38.8 Å². The van der Waals surface area contributed by atoms with E-state index in [0.717, 1.165) is 30.8 Å². The van der Waals surface area contributed by atoms with Gasteiger partial charge in [-0.1, -0.05) is 11.8 Å². The van der Waals surface area contributed by atoms with E-state index in [1.165, 1.54) is 11.8 Å². The number of halogens is 3. The van der Waals surface area contributed by atoms with Crippen LogP contribution in [0.3, 0.4) is 0 Å². The lowest BCUT2D eigenvalue weighted by molar-refractivity contribution is -0.115. The van der Waals surface area contributed by atoms with Crippen LogP contribution in [0.25, 0.3) is 0 Å². The molecular weight excluding hydrogens is 341 g/mol. The van der Waals surface area contributed by atoms with Gasteiger partial charge in [-0.25, -0.2) is 13.2 Å². The number of aryl methyl sites for hydroxylation is 1. The molecule has 0 aliphatic heterocycles. The molecule has 1 saturated carbocycles. The molecule has 1 fully saturated rings. The highest BCUT2D eigenvalue weighted by Gasteiger charge is 2.30. The molecule has 0 unspecified atom stereocenters. The average Bonchev–Trinajstić information content (AvgIpc) is 3.32. The zero-order valence-corrected chi connectivity index (χ0v) is 13.8. The number of hydrogen-bond donors (Lipinski definition) is 1. The Balaban J connectivity index is 1.71. The number of amides is 1. The minimum Gasteiger partial charge on any atom is -0.323 e. The van der Waals surface area contributed by atoms with Crippen molar-refractivity contribution in [2.75, 3.05) is 5.32 Å². The van der Waals surface area contributed by atoms with Crippen molar-refractivity contribution in [3.8, 4) is 0 Å². The van der Waals surface area contributed by atoms with Crippen LogP contribution in [-0.4, -0.2) is 25.9 Å². The molecule has 0 spiro atoms. The molecule has 1 heterocycles. The highest BCUT2D eigenvalue weighted by Crippen LogP contribution is 2.39. The molecule has 2 aromatic rings. The lowest BCUT2D eigenvalue weighted by Crippen LogP contribution is -2.23. The van der Waals surface area contributed by atoms with Crippen molar-refractivity contribution in [3.63, 3.8) is 0 Å². The molecule has 1 aliphatic carbocycles. The summed E-state index contributed by atoms with van der Waals surface area (Å²) in [6.07, 6.45) is 2.10. The maximum Gasteiger partial charge on any atom is 0.237 e. The van der Waals surface area contributed by atoms with Gasteiger partial charge in [0.1, 0.15) is 5.82 Å². The molecule has 0 radical (unpaired) electrons. The number of hydrogen-bond acceptors (Lipinski definition) is 4. The fourth-order valence-corrected chi connectivity index (χ4v) is 3.22. The Morgan fingerprint density at radius 3 is 2.67 bits per heavy atom. The van der Waals surface area contributed by atoms with E-state index in [4.69, 9.17) is 0 Å². The summed E-state index contributed by atoms with van der Waals surface area (Å²) in [4.78, 5) is 12.2. The number of nitrogens with one attached hydrogen (secondary N) is 1. The quantitative estimate of drug-likeness (QED) is 0.658. The molecule has 24 heavy (non-hydrogen) atoms. The minimum atomic E-state index is -1.61. The minimum absolute atomic E-state index is 0.362. The summed E-state index contributed by atoms with van der Waals surface area (Å²) in [6, 6.07) is 2.11. The van der Waals surface area contributed by atoms with E-state index in [9.17, 15) is 18.0 Å². The van der Waals surface area contributed by atoms with Gasteiger partial charge < -0.3 is 9.88 Å². The van der Waals surface area contributed by atoms with Crippen molar-refractivity contribution in [3.05, 3.63) is 35.4 Å². The van der Waals surface area contributed by atoms with Crippen molar-refractivity contribution in [2.45, 2.75) is 43.1 Å². The monoisotopic (exact) mass is 356 g/mol. The fourth-order valence-electron chi connectivity index (χ4n) is 2.25. The van der Waals surface area contributed by atoms with Crippen molar-refractivity contribution in [2.24, 2.45) is 0 Å². The lowest BCUT2D eigenvalue weighted by Gasteiger charge is -2.13. The van der Waals surface area contributed by atoms with Gasteiger partial charge in [0.15, 0.2) is 22.6 Å². The molecule has 3 rings (SSSR count). The number of carbonyl (C=O) groups is 1. The highest BCUT2D eigenvalue weighted by atomic mass is 32.2. The van der Waals surface area contributed by atoms with E-state index in [-0.39, 0.29) is 0 Å². The predicted molar refractivity (Wildman–Crippen MR) is 83.3 cm³/mol. The summed E-state index contributed by atoms with van der Waals surface area (Å²) < 4.78 is 41.7. The number of thioether (sulfide) groups is 1. The molecule has 1 aromatic carbocycles. The number of nitrogens with zero attached hydrogens (tertiary/aromatic N) is 3. The predicted octanol–water partition coefficient (Wildman–Crippen LogP) is 3.46. The normalized spacial score (nSPS) is 15.4. The van der Waals surface area contributed by atoms with Gasteiger partial charge in [-0.3, -0.25) is 4.79 Å². The Labute approximate surface area is 140 Å². The molecule has 9 heteroatoms. The van der Waals surface area contributed by atoms with Crippen LogP contribution >= 0.6 is 11.8 Å². The van der Waals surface area contributed by atoms with Crippen LogP contribution in [-0.2, 0) is 4.79 Å². The standard InChI is InChI=1S/C15H15F3N4OS/c1-7(24-15-21-20-8(2)22(15)9-3-4-9)14(23)19-11-6-5-10(16)12(17)13(11)18/h5-7,9H,3-4H2,1-2H3,(H,19,23)/t7-/m0/s1. The van der Waals surface area contributed by atoms with Gasteiger partial charge in [0.05, 0.1) is 10.9 Å². The first-order chi connectivity index (χ1) is 11.4.